The van der Waals surface area contributed by atoms with Gasteiger partial charge in [0.05, 0.1) is 9.31 Å². The van der Waals surface area contributed by atoms with Crippen LogP contribution in [0.4, 0.5) is 0 Å². The predicted molar refractivity (Wildman–Crippen MR) is 120 cm³/mol. The Morgan fingerprint density at radius 3 is 2.64 bits per heavy atom. The van der Waals surface area contributed by atoms with E-state index >= 15 is 0 Å². The van der Waals surface area contributed by atoms with Crippen molar-refractivity contribution in [3.63, 3.8) is 0 Å². The fourth-order valence-electron chi connectivity index (χ4n) is 4.59. The molecular formula is C24H24Br2O2. The normalized spacial score (nSPS) is 21.7. The molecule has 0 spiro atoms. The van der Waals surface area contributed by atoms with Crippen molar-refractivity contribution >= 4 is 37.8 Å². The number of esters is 1. The summed E-state index contributed by atoms with van der Waals surface area (Å²) in [4.78, 5) is 12.7. The molecule has 1 saturated carbocycles. The monoisotopic (exact) mass is 502 g/mol. The zero-order valence-corrected chi connectivity index (χ0v) is 19.3. The van der Waals surface area contributed by atoms with Gasteiger partial charge in [-0.3, -0.25) is 4.79 Å². The fraction of sp³-hybridized carbons (Fsp3) is 0.375. The fourth-order valence-corrected chi connectivity index (χ4v) is 5.16. The van der Waals surface area contributed by atoms with Crippen molar-refractivity contribution in [3.05, 3.63) is 68.6 Å². The van der Waals surface area contributed by atoms with E-state index in [1.807, 2.05) is 0 Å². The van der Waals surface area contributed by atoms with Crippen LogP contribution in [0.3, 0.4) is 0 Å². The number of allylic oxidation sites excluding steroid dienone is 1. The maximum Gasteiger partial charge on any atom is 0.310 e. The molecule has 1 fully saturated rings. The topological polar surface area (TPSA) is 26.3 Å². The van der Waals surface area contributed by atoms with E-state index in [4.69, 9.17) is 4.74 Å². The van der Waals surface area contributed by atoms with Crippen LogP contribution in [-0.2, 0) is 29.0 Å². The van der Waals surface area contributed by atoms with Gasteiger partial charge in [-0.15, -0.1) is 0 Å². The molecule has 2 aliphatic rings. The summed E-state index contributed by atoms with van der Waals surface area (Å²) >= 11 is 6.81. The Kier molecular flexibility index (Phi) is 5.54. The number of fused-ring (bicyclic) bond motifs is 3. The van der Waals surface area contributed by atoms with Crippen LogP contribution in [0.5, 0.6) is 0 Å². The highest BCUT2D eigenvalue weighted by Crippen LogP contribution is 2.60. The minimum Gasteiger partial charge on any atom is -0.461 e. The Balaban J connectivity index is 1.53. The number of ether oxygens (including phenoxy) is 1. The van der Waals surface area contributed by atoms with Crippen LogP contribution in [0.1, 0.15) is 37.0 Å². The van der Waals surface area contributed by atoms with E-state index in [1.165, 1.54) is 22.3 Å². The van der Waals surface area contributed by atoms with E-state index < -0.39 is 0 Å². The van der Waals surface area contributed by atoms with Gasteiger partial charge in [-0.05, 0) is 90.3 Å². The van der Waals surface area contributed by atoms with Crippen molar-refractivity contribution in [1.29, 1.82) is 0 Å². The number of halogens is 2. The van der Waals surface area contributed by atoms with Gasteiger partial charge in [-0.1, -0.05) is 62.4 Å². The summed E-state index contributed by atoms with van der Waals surface area (Å²) in [5.41, 5.74) is 6.42. The van der Waals surface area contributed by atoms with E-state index in [1.54, 1.807) is 0 Å². The summed E-state index contributed by atoms with van der Waals surface area (Å²) in [6, 6.07) is 15.0. The SMILES string of the molecule is CC1(C)C(C=C(Br)Br)C1C(=O)OCc1cccc2c1CCCc1ccccc1-2. The molecule has 0 saturated heterocycles. The van der Waals surface area contributed by atoms with E-state index in [9.17, 15) is 4.79 Å². The molecule has 0 bridgehead atoms. The molecule has 0 aliphatic heterocycles. The summed E-state index contributed by atoms with van der Waals surface area (Å²) in [6.07, 6.45) is 5.29. The third kappa shape index (κ3) is 3.73. The largest absolute Gasteiger partial charge is 0.461 e. The van der Waals surface area contributed by atoms with Gasteiger partial charge in [0.15, 0.2) is 0 Å². The molecule has 0 radical (unpaired) electrons. The van der Waals surface area contributed by atoms with Gasteiger partial charge in [0.25, 0.3) is 0 Å². The Morgan fingerprint density at radius 2 is 1.86 bits per heavy atom. The molecule has 0 heterocycles. The molecule has 0 aromatic heterocycles. The number of benzene rings is 2. The van der Waals surface area contributed by atoms with Gasteiger partial charge in [0, 0.05) is 0 Å². The van der Waals surface area contributed by atoms with Crippen LogP contribution in [0.15, 0.2) is 51.9 Å². The first-order chi connectivity index (χ1) is 13.4. The van der Waals surface area contributed by atoms with Gasteiger partial charge in [-0.2, -0.15) is 0 Å². The van der Waals surface area contributed by atoms with E-state index in [-0.39, 0.29) is 23.2 Å². The molecule has 2 aromatic carbocycles. The Morgan fingerprint density at radius 1 is 1.11 bits per heavy atom. The van der Waals surface area contributed by atoms with Crippen LogP contribution in [0.25, 0.3) is 11.1 Å². The number of hydrogen-bond donors (Lipinski definition) is 0. The predicted octanol–water partition coefficient (Wildman–Crippen LogP) is 6.79. The molecule has 2 aliphatic carbocycles. The van der Waals surface area contributed by atoms with Crippen LogP contribution < -0.4 is 0 Å². The highest BCUT2D eigenvalue weighted by molar-refractivity contribution is 9.28. The smallest absolute Gasteiger partial charge is 0.310 e. The molecule has 0 N–H and O–H groups in total. The summed E-state index contributed by atoms with van der Waals surface area (Å²) in [5.74, 6) is 0.0216. The van der Waals surface area contributed by atoms with Gasteiger partial charge in [-0.25, -0.2) is 0 Å². The second-order valence-electron chi connectivity index (χ2n) is 8.34. The van der Waals surface area contributed by atoms with E-state index in [0.29, 0.717) is 6.61 Å². The number of rotatable bonds is 4. The lowest BCUT2D eigenvalue weighted by Gasteiger charge is -2.14. The average molecular weight is 504 g/mol. The quantitative estimate of drug-likeness (QED) is 0.429. The van der Waals surface area contributed by atoms with Crippen molar-refractivity contribution in [2.75, 3.05) is 0 Å². The van der Waals surface area contributed by atoms with Crippen LogP contribution in [0.2, 0.25) is 0 Å². The molecule has 2 aromatic rings. The lowest BCUT2D eigenvalue weighted by molar-refractivity contribution is -0.147. The van der Waals surface area contributed by atoms with Crippen molar-refractivity contribution in [1.82, 2.24) is 0 Å². The van der Waals surface area contributed by atoms with Gasteiger partial charge >= 0.3 is 5.97 Å². The third-order valence-electron chi connectivity index (χ3n) is 6.29. The van der Waals surface area contributed by atoms with Crippen LogP contribution in [-0.4, -0.2) is 5.97 Å². The van der Waals surface area contributed by atoms with Gasteiger partial charge < -0.3 is 4.74 Å². The van der Waals surface area contributed by atoms with Crippen LogP contribution >= 0.6 is 31.9 Å². The molecule has 4 heteroatoms. The molecular weight excluding hydrogens is 480 g/mol. The Hall–Kier alpha value is -1.39. The third-order valence-corrected chi connectivity index (χ3v) is 6.82. The highest BCUT2D eigenvalue weighted by Gasteiger charge is 2.61. The first-order valence-electron chi connectivity index (χ1n) is 9.78. The number of hydrogen-bond acceptors (Lipinski definition) is 2. The second kappa shape index (κ2) is 7.79. The lowest BCUT2D eigenvalue weighted by atomic mass is 9.93. The molecule has 2 nitrogen and oxygen atoms in total. The van der Waals surface area contributed by atoms with Crippen molar-refractivity contribution in [2.45, 2.75) is 39.7 Å². The second-order valence-corrected chi connectivity index (χ2v) is 11.1. The molecule has 28 heavy (non-hydrogen) atoms. The first-order valence-corrected chi connectivity index (χ1v) is 11.4. The molecule has 2 unspecified atom stereocenters. The molecule has 146 valence electrons. The molecule has 2 atom stereocenters. The maximum absolute atomic E-state index is 12.7. The van der Waals surface area contributed by atoms with E-state index in [2.05, 4.69) is 94.2 Å². The van der Waals surface area contributed by atoms with Crippen LogP contribution in [0, 0.1) is 17.3 Å². The highest BCUT2D eigenvalue weighted by atomic mass is 79.9. The molecule has 4 rings (SSSR count). The first kappa shape index (κ1) is 19.9. The molecule has 0 amide bonds. The summed E-state index contributed by atoms with van der Waals surface area (Å²) in [5, 5.41) is 0. The maximum atomic E-state index is 12.7. The Bertz CT molecular complexity index is 941. The Labute approximate surface area is 183 Å². The van der Waals surface area contributed by atoms with E-state index in [0.717, 1.165) is 28.2 Å². The van der Waals surface area contributed by atoms with Gasteiger partial charge in [0.2, 0.25) is 0 Å². The summed E-state index contributed by atoms with van der Waals surface area (Å²) < 4.78 is 6.68. The zero-order valence-electron chi connectivity index (χ0n) is 16.2. The minimum atomic E-state index is -0.0980. The number of carbonyl (C=O) groups is 1. The number of carbonyl (C=O) groups excluding carboxylic acids is 1. The standard InChI is InChI=1S/C24H24Br2O2/c1-24(2)20(13-21(25)26)22(24)23(27)28-14-16-9-6-12-19-17-10-4-3-7-15(17)8-5-11-18(16)19/h3-4,6-7,9-10,12-13,20,22H,5,8,11,14H2,1-2H3. The summed E-state index contributed by atoms with van der Waals surface area (Å²) in [6.45, 7) is 4.59. The minimum absolute atomic E-state index is 0.0591. The van der Waals surface area contributed by atoms with Crippen molar-refractivity contribution < 1.29 is 9.53 Å². The van der Waals surface area contributed by atoms with Gasteiger partial charge in [0.1, 0.15) is 6.61 Å². The van der Waals surface area contributed by atoms with Crippen molar-refractivity contribution in [2.24, 2.45) is 17.3 Å². The average Bonchev–Trinajstić information content (AvgIpc) is 3.26. The zero-order chi connectivity index (χ0) is 19.9. The summed E-state index contributed by atoms with van der Waals surface area (Å²) in [7, 11) is 0. The number of aryl methyl sites for hydroxylation is 1. The van der Waals surface area contributed by atoms with Crippen molar-refractivity contribution in [3.8, 4) is 11.1 Å². The lowest BCUT2D eigenvalue weighted by Crippen LogP contribution is -2.11.